The van der Waals surface area contributed by atoms with Crippen molar-refractivity contribution in [2.75, 3.05) is 0 Å². The van der Waals surface area contributed by atoms with Crippen molar-refractivity contribution < 1.29 is 22.5 Å². The molecule has 0 aliphatic rings. The first-order valence-electron chi connectivity index (χ1n) is 7.46. The zero-order valence-electron chi connectivity index (χ0n) is 13.7. The van der Waals surface area contributed by atoms with Crippen LogP contribution in [0.25, 0.3) is 0 Å². The van der Waals surface area contributed by atoms with Gasteiger partial charge in [0.25, 0.3) is 0 Å². The summed E-state index contributed by atoms with van der Waals surface area (Å²) in [5.41, 5.74) is 0.672. The maximum Gasteiger partial charge on any atom is 0.324 e. The molecule has 0 aliphatic carbocycles. The number of ether oxygens (including phenoxy) is 1. The summed E-state index contributed by atoms with van der Waals surface area (Å²) < 4.78 is 37.3. The van der Waals surface area contributed by atoms with Crippen LogP contribution in [0.15, 0.2) is 45.8 Å². The molecule has 1 aromatic carbocycles. The zero-order valence-corrected chi connectivity index (χ0v) is 14.5. The fraction of sp³-hybridized carbons (Fsp3) is 0.375. The largest absolute Gasteiger partial charge is 0.456 e. The molecular weight excluding hydrogens is 332 g/mol. The van der Waals surface area contributed by atoms with E-state index in [1.54, 1.807) is 45.0 Å². The van der Waals surface area contributed by atoms with Gasteiger partial charge in [0.1, 0.15) is 6.04 Å². The highest BCUT2D eigenvalue weighted by atomic mass is 32.2. The Morgan fingerprint density at radius 2 is 1.96 bits per heavy atom. The molecule has 130 valence electrons. The van der Waals surface area contributed by atoms with Crippen LogP contribution < -0.4 is 4.72 Å². The summed E-state index contributed by atoms with van der Waals surface area (Å²) in [5, 5.41) is 3.70. The van der Waals surface area contributed by atoms with Crippen LogP contribution in [0.5, 0.6) is 0 Å². The van der Waals surface area contributed by atoms with Gasteiger partial charge in [-0.05, 0) is 25.0 Å². The number of aryl methyl sites for hydroxylation is 1. The number of aromatic nitrogens is 1. The Balaban J connectivity index is 2.07. The van der Waals surface area contributed by atoms with Gasteiger partial charge in [-0.1, -0.05) is 37.2 Å². The summed E-state index contributed by atoms with van der Waals surface area (Å²) in [4.78, 5) is 12.4. The lowest BCUT2D eigenvalue weighted by Crippen LogP contribution is -2.45. The number of carbonyl (C=O) groups excluding carboxylic acids is 1. The molecule has 2 aromatic rings. The summed E-state index contributed by atoms with van der Waals surface area (Å²) in [7, 11) is -3.81. The minimum absolute atomic E-state index is 0.0920. The van der Waals surface area contributed by atoms with Crippen LogP contribution in [-0.2, 0) is 26.2 Å². The molecule has 8 heteroatoms. The molecule has 0 saturated carbocycles. The third-order valence-electron chi connectivity index (χ3n) is 3.29. The SMILES string of the molecule is Cc1cc(COC(=O)[C@H](NS(=O)(=O)c2ccccc2)C(C)C)on1. The number of rotatable bonds is 7. The lowest BCUT2D eigenvalue weighted by atomic mass is 10.1. The first kappa shape index (κ1) is 18.2. The van der Waals surface area contributed by atoms with Gasteiger partial charge in [0.05, 0.1) is 10.6 Å². The van der Waals surface area contributed by atoms with Crippen LogP contribution in [0.1, 0.15) is 25.3 Å². The van der Waals surface area contributed by atoms with Gasteiger partial charge in [0, 0.05) is 6.07 Å². The van der Waals surface area contributed by atoms with Gasteiger partial charge in [-0.25, -0.2) is 8.42 Å². The van der Waals surface area contributed by atoms with Crippen molar-refractivity contribution in [2.45, 2.75) is 38.3 Å². The van der Waals surface area contributed by atoms with Gasteiger partial charge in [0.15, 0.2) is 12.4 Å². The highest BCUT2D eigenvalue weighted by molar-refractivity contribution is 7.89. The lowest BCUT2D eigenvalue weighted by Gasteiger charge is -2.20. The summed E-state index contributed by atoms with van der Waals surface area (Å²) >= 11 is 0. The molecule has 24 heavy (non-hydrogen) atoms. The third-order valence-corrected chi connectivity index (χ3v) is 4.75. The Hall–Kier alpha value is -2.19. The molecular formula is C16H20N2O5S. The number of esters is 1. The molecule has 7 nitrogen and oxygen atoms in total. The summed E-state index contributed by atoms with van der Waals surface area (Å²) in [6.07, 6.45) is 0. The average Bonchev–Trinajstić information content (AvgIpc) is 2.96. The Bertz CT molecular complexity index is 784. The highest BCUT2D eigenvalue weighted by Crippen LogP contribution is 2.13. The van der Waals surface area contributed by atoms with Crippen molar-refractivity contribution in [1.82, 2.24) is 9.88 Å². The predicted molar refractivity (Wildman–Crippen MR) is 86.4 cm³/mol. The van der Waals surface area contributed by atoms with Crippen molar-refractivity contribution >= 4 is 16.0 Å². The second-order valence-corrected chi connectivity index (χ2v) is 7.41. The lowest BCUT2D eigenvalue weighted by molar-refractivity contribution is -0.148. The highest BCUT2D eigenvalue weighted by Gasteiger charge is 2.29. The number of carbonyl (C=O) groups is 1. The standard InChI is InChI=1S/C16H20N2O5S/c1-11(2)15(16(19)22-10-13-9-12(3)17-23-13)18-24(20,21)14-7-5-4-6-8-14/h4-9,11,15,18H,10H2,1-3H3/t15-/m1/s1. The Morgan fingerprint density at radius 1 is 1.29 bits per heavy atom. The summed E-state index contributed by atoms with van der Waals surface area (Å²) in [6.45, 7) is 5.12. The molecule has 1 atom stereocenters. The number of sulfonamides is 1. The van der Waals surface area contributed by atoms with E-state index in [1.165, 1.54) is 12.1 Å². The molecule has 1 aromatic heterocycles. The van der Waals surface area contributed by atoms with Crippen molar-refractivity contribution in [3.05, 3.63) is 47.9 Å². The molecule has 2 rings (SSSR count). The van der Waals surface area contributed by atoms with Gasteiger partial charge in [0.2, 0.25) is 10.0 Å². The number of hydrogen-bond donors (Lipinski definition) is 1. The van der Waals surface area contributed by atoms with E-state index >= 15 is 0 Å². The van der Waals surface area contributed by atoms with Crippen molar-refractivity contribution in [2.24, 2.45) is 5.92 Å². The van der Waals surface area contributed by atoms with Crippen LogP contribution in [0, 0.1) is 12.8 Å². The van der Waals surface area contributed by atoms with Crippen molar-refractivity contribution in [3.8, 4) is 0 Å². The van der Waals surface area contributed by atoms with Gasteiger partial charge >= 0.3 is 5.97 Å². The summed E-state index contributed by atoms with van der Waals surface area (Å²) in [5.74, 6) is -0.555. The normalized spacial score (nSPS) is 13.0. The number of hydrogen-bond acceptors (Lipinski definition) is 6. The molecule has 0 aliphatic heterocycles. The second kappa shape index (κ2) is 7.59. The van der Waals surface area contributed by atoms with Crippen LogP contribution in [0.4, 0.5) is 0 Å². The quantitative estimate of drug-likeness (QED) is 0.766. The van der Waals surface area contributed by atoms with Gasteiger partial charge in [-0.2, -0.15) is 4.72 Å². The van der Waals surface area contributed by atoms with E-state index in [-0.39, 0.29) is 17.4 Å². The predicted octanol–water partition coefficient (Wildman–Crippen LogP) is 2.03. The molecule has 0 amide bonds. The van der Waals surface area contributed by atoms with Crippen LogP contribution >= 0.6 is 0 Å². The Kier molecular flexibility index (Phi) is 5.74. The van der Waals surface area contributed by atoms with Crippen molar-refractivity contribution in [1.29, 1.82) is 0 Å². The maximum atomic E-state index is 12.4. The first-order valence-corrected chi connectivity index (χ1v) is 8.94. The van der Waals surface area contributed by atoms with E-state index in [0.717, 1.165) is 0 Å². The average molecular weight is 352 g/mol. The van der Waals surface area contributed by atoms with Crippen LogP contribution in [0.2, 0.25) is 0 Å². The van der Waals surface area contributed by atoms with E-state index in [0.29, 0.717) is 11.5 Å². The van der Waals surface area contributed by atoms with E-state index in [1.807, 2.05) is 0 Å². The molecule has 1 heterocycles. The third kappa shape index (κ3) is 4.65. The molecule has 0 fully saturated rings. The number of nitrogens with one attached hydrogen (secondary N) is 1. The molecule has 0 spiro atoms. The fourth-order valence-electron chi connectivity index (χ4n) is 2.01. The van der Waals surface area contributed by atoms with E-state index in [2.05, 4.69) is 9.88 Å². The zero-order chi connectivity index (χ0) is 17.7. The smallest absolute Gasteiger partial charge is 0.324 e. The molecule has 0 bridgehead atoms. The maximum absolute atomic E-state index is 12.4. The molecule has 0 radical (unpaired) electrons. The minimum atomic E-state index is -3.81. The van der Waals surface area contributed by atoms with E-state index in [4.69, 9.17) is 9.26 Å². The fourth-order valence-corrected chi connectivity index (χ4v) is 3.36. The second-order valence-electron chi connectivity index (χ2n) is 5.70. The molecule has 0 unspecified atom stereocenters. The van der Waals surface area contributed by atoms with E-state index < -0.39 is 22.0 Å². The topological polar surface area (TPSA) is 98.5 Å². The number of nitrogens with zero attached hydrogens (tertiary/aromatic N) is 1. The number of benzene rings is 1. The Morgan fingerprint density at radius 3 is 2.50 bits per heavy atom. The molecule has 1 N–H and O–H groups in total. The van der Waals surface area contributed by atoms with Crippen molar-refractivity contribution in [3.63, 3.8) is 0 Å². The summed E-state index contributed by atoms with van der Waals surface area (Å²) in [6, 6.07) is 8.51. The molecule has 0 saturated heterocycles. The Labute approximate surface area is 141 Å². The van der Waals surface area contributed by atoms with Crippen LogP contribution in [-0.4, -0.2) is 25.6 Å². The van der Waals surface area contributed by atoms with E-state index in [9.17, 15) is 13.2 Å². The monoisotopic (exact) mass is 352 g/mol. The van der Waals surface area contributed by atoms with Gasteiger partial charge < -0.3 is 9.26 Å². The van der Waals surface area contributed by atoms with Gasteiger partial charge in [-0.3, -0.25) is 4.79 Å². The van der Waals surface area contributed by atoms with Gasteiger partial charge in [-0.15, -0.1) is 0 Å². The first-order chi connectivity index (χ1) is 11.3. The van der Waals surface area contributed by atoms with Crippen LogP contribution in [0.3, 0.4) is 0 Å². The minimum Gasteiger partial charge on any atom is -0.456 e.